The number of para-hydroxylation sites is 1. The van der Waals surface area contributed by atoms with Crippen molar-refractivity contribution in [1.82, 2.24) is 9.62 Å². The van der Waals surface area contributed by atoms with E-state index in [1.165, 1.54) is 19.2 Å². The van der Waals surface area contributed by atoms with E-state index in [0.29, 0.717) is 17.1 Å². The highest BCUT2D eigenvalue weighted by atomic mass is 32.2. The van der Waals surface area contributed by atoms with Crippen LogP contribution in [0.4, 0.5) is 5.69 Å². The minimum absolute atomic E-state index is 0.0843. The lowest BCUT2D eigenvalue weighted by Crippen LogP contribution is -2.39. The predicted molar refractivity (Wildman–Crippen MR) is 105 cm³/mol. The second-order valence-corrected chi connectivity index (χ2v) is 8.33. The summed E-state index contributed by atoms with van der Waals surface area (Å²) >= 11 is 0. The molecular weight excluding hydrogens is 378 g/mol. The molecule has 1 aliphatic rings. The zero-order valence-electron chi connectivity index (χ0n) is 15.3. The summed E-state index contributed by atoms with van der Waals surface area (Å²) in [5.41, 5.74) is 2.12. The molecule has 1 aromatic heterocycles. The Morgan fingerprint density at radius 3 is 2.46 bits per heavy atom. The van der Waals surface area contributed by atoms with Crippen LogP contribution in [0.15, 0.2) is 70.0 Å². The van der Waals surface area contributed by atoms with Gasteiger partial charge in [0.2, 0.25) is 10.0 Å². The van der Waals surface area contributed by atoms with Gasteiger partial charge < -0.3 is 14.6 Å². The number of carbonyl (C=O) groups is 1. The molecule has 144 valence electrons. The molecule has 0 saturated carbocycles. The standard InChI is InChI=1S/C20H19N3O4S/c1-21-28(25,26)14-9-7-13(8-10-14)17-11-12-18(27-17)19-22-16-6-4-3-5-15(16)20(24)23(19)2/h3-12,19,21-22H,1-2H3/t19-/m0/s1. The fraction of sp³-hybridized carbons (Fsp3) is 0.150. The van der Waals surface area contributed by atoms with Crippen molar-refractivity contribution >= 4 is 21.6 Å². The third-order valence-corrected chi connectivity index (χ3v) is 6.20. The average Bonchev–Trinajstić information content (AvgIpc) is 3.21. The maximum absolute atomic E-state index is 12.6. The van der Waals surface area contributed by atoms with Gasteiger partial charge in [-0.3, -0.25) is 4.79 Å². The SMILES string of the molecule is CNS(=O)(=O)c1ccc(-c2ccc([C@H]3Nc4ccccc4C(=O)N3C)o2)cc1. The number of benzene rings is 2. The Hall–Kier alpha value is -3.10. The van der Waals surface area contributed by atoms with E-state index in [1.54, 1.807) is 36.2 Å². The molecule has 1 atom stereocenters. The normalized spacial score (nSPS) is 16.6. The van der Waals surface area contributed by atoms with E-state index in [-0.39, 0.29) is 10.8 Å². The number of fused-ring (bicyclic) bond motifs is 1. The van der Waals surface area contributed by atoms with E-state index >= 15 is 0 Å². The van der Waals surface area contributed by atoms with E-state index in [2.05, 4.69) is 10.0 Å². The number of nitrogens with one attached hydrogen (secondary N) is 2. The minimum atomic E-state index is -3.49. The number of amides is 1. The van der Waals surface area contributed by atoms with Crippen molar-refractivity contribution in [3.63, 3.8) is 0 Å². The third kappa shape index (κ3) is 3.06. The minimum Gasteiger partial charge on any atom is -0.457 e. The molecule has 0 radical (unpaired) electrons. The molecule has 0 unspecified atom stereocenters. The largest absolute Gasteiger partial charge is 0.457 e. The summed E-state index contributed by atoms with van der Waals surface area (Å²) in [5, 5.41) is 3.32. The van der Waals surface area contributed by atoms with Gasteiger partial charge in [0.05, 0.1) is 10.5 Å². The second-order valence-electron chi connectivity index (χ2n) is 6.44. The molecule has 2 aromatic carbocycles. The highest BCUT2D eigenvalue weighted by molar-refractivity contribution is 7.89. The molecule has 2 N–H and O–H groups in total. The van der Waals surface area contributed by atoms with Gasteiger partial charge in [-0.05, 0) is 55.6 Å². The molecule has 0 fully saturated rings. The maximum atomic E-state index is 12.6. The van der Waals surface area contributed by atoms with Crippen LogP contribution < -0.4 is 10.0 Å². The fourth-order valence-electron chi connectivity index (χ4n) is 3.18. The smallest absolute Gasteiger partial charge is 0.257 e. The average molecular weight is 397 g/mol. The van der Waals surface area contributed by atoms with Gasteiger partial charge in [0.25, 0.3) is 5.91 Å². The molecule has 7 nitrogen and oxygen atoms in total. The number of hydrogen-bond acceptors (Lipinski definition) is 5. The molecule has 2 heterocycles. The van der Waals surface area contributed by atoms with Gasteiger partial charge in [0, 0.05) is 18.3 Å². The van der Waals surface area contributed by atoms with Crippen molar-refractivity contribution in [2.75, 3.05) is 19.4 Å². The van der Waals surface area contributed by atoms with Crippen molar-refractivity contribution in [2.24, 2.45) is 0 Å². The number of hydrogen-bond donors (Lipinski definition) is 2. The zero-order chi connectivity index (χ0) is 19.9. The molecular formula is C20H19N3O4S. The maximum Gasteiger partial charge on any atom is 0.257 e. The van der Waals surface area contributed by atoms with Crippen LogP contribution in [-0.2, 0) is 10.0 Å². The van der Waals surface area contributed by atoms with Crippen LogP contribution in [0.25, 0.3) is 11.3 Å². The van der Waals surface area contributed by atoms with E-state index in [4.69, 9.17) is 4.42 Å². The summed E-state index contributed by atoms with van der Waals surface area (Å²) in [7, 11) is -0.398. The van der Waals surface area contributed by atoms with E-state index < -0.39 is 16.2 Å². The predicted octanol–water partition coefficient (Wildman–Crippen LogP) is 3.05. The summed E-state index contributed by atoms with van der Waals surface area (Å²) in [5.74, 6) is 1.09. The van der Waals surface area contributed by atoms with Crippen molar-refractivity contribution in [3.05, 3.63) is 72.0 Å². The lowest BCUT2D eigenvalue weighted by Gasteiger charge is -2.33. The van der Waals surface area contributed by atoms with Crippen LogP contribution in [-0.4, -0.2) is 33.3 Å². The molecule has 3 aromatic rings. The third-order valence-electron chi connectivity index (χ3n) is 4.77. The van der Waals surface area contributed by atoms with Crippen LogP contribution in [0.3, 0.4) is 0 Å². The lowest BCUT2D eigenvalue weighted by molar-refractivity contribution is 0.0719. The highest BCUT2D eigenvalue weighted by Crippen LogP contribution is 2.34. The van der Waals surface area contributed by atoms with Gasteiger partial charge in [-0.1, -0.05) is 12.1 Å². The van der Waals surface area contributed by atoms with Crippen LogP contribution >= 0.6 is 0 Å². The quantitative estimate of drug-likeness (QED) is 0.706. The van der Waals surface area contributed by atoms with Crippen molar-refractivity contribution in [3.8, 4) is 11.3 Å². The first-order valence-electron chi connectivity index (χ1n) is 8.67. The van der Waals surface area contributed by atoms with Crippen LogP contribution in [0, 0.1) is 0 Å². The zero-order valence-corrected chi connectivity index (χ0v) is 16.2. The van der Waals surface area contributed by atoms with E-state index in [0.717, 1.165) is 11.3 Å². The lowest BCUT2D eigenvalue weighted by atomic mass is 10.1. The molecule has 8 heteroatoms. The molecule has 1 amide bonds. The molecule has 0 saturated heterocycles. The Kier molecular flexibility index (Phi) is 4.44. The number of rotatable bonds is 4. The number of nitrogens with zero attached hydrogens (tertiary/aromatic N) is 1. The highest BCUT2D eigenvalue weighted by Gasteiger charge is 2.32. The van der Waals surface area contributed by atoms with Gasteiger partial charge in [0.1, 0.15) is 11.5 Å². The fourth-order valence-corrected chi connectivity index (χ4v) is 3.91. The van der Waals surface area contributed by atoms with E-state index in [1.807, 2.05) is 24.3 Å². The summed E-state index contributed by atoms with van der Waals surface area (Å²) in [4.78, 5) is 14.4. The summed E-state index contributed by atoms with van der Waals surface area (Å²) in [6.07, 6.45) is -0.430. The number of anilines is 1. The van der Waals surface area contributed by atoms with Crippen molar-refractivity contribution < 1.29 is 17.6 Å². The van der Waals surface area contributed by atoms with Crippen LogP contribution in [0.2, 0.25) is 0 Å². The van der Waals surface area contributed by atoms with Crippen molar-refractivity contribution in [2.45, 2.75) is 11.1 Å². The Morgan fingerprint density at radius 1 is 1.04 bits per heavy atom. The molecule has 1 aliphatic heterocycles. The van der Waals surface area contributed by atoms with Gasteiger partial charge in [-0.15, -0.1) is 0 Å². The summed E-state index contributed by atoms with van der Waals surface area (Å²) in [6, 6.07) is 17.4. The second kappa shape index (κ2) is 6.81. The van der Waals surface area contributed by atoms with Crippen LogP contribution in [0.5, 0.6) is 0 Å². The Labute approximate surface area is 163 Å². The number of sulfonamides is 1. The monoisotopic (exact) mass is 397 g/mol. The molecule has 4 rings (SSSR count). The summed E-state index contributed by atoms with van der Waals surface area (Å²) in [6.45, 7) is 0. The number of carbonyl (C=O) groups excluding carboxylic acids is 1. The first-order valence-corrected chi connectivity index (χ1v) is 10.2. The van der Waals surface area contributed by atoms with Crippen molar-refractivity contribution in [1.29, 1.82) is 0 Å². The molecule has 0 spiro atoms. The molecule has 0 aliphatic carbocycles. The van der Waals surface area contributed by atoms with Gasteiger partial charge in [-0.2, -0.15) is 0 Å². The van der Waals surface area contributed by atoms with Crippen LogP contribution in [0.1, 0.15) is 22.3 Å². The Balaban J connectivity index is 1.62. The first kappa shape index (κ1) is 18.3. The molecule has 28 heavy (non-hydrogen) atoms. The van der Waals surface area contributed by atoms with Gasteiger partial charge in [0.15, 0.2) is 6.17 Å². The molecule has 0 bridgehead atoms. The summed E-state index contributed by atoms with van der Waals surface area (Å²) < 4.78 is 32.0. The first-order chi connectivity index (χ1) is 13.4. The van der Waals surface area contributed by atoms with Gasteiger partial charge >= 0.3 is 0 Å². The number of furan rings is 1. The Morgan fingerprint density at radius 2 is 1.75 bits per heavy atom. The Bertz CT molecular complexity index is 1140. The van der Waals surface area contributed by atoms with E-state index in [9.17, 15) is 13.2 Å². The van der Waals surface area contributed by atoms with Gasteiger partial charge in [-0.25, -0.2) is 13.1 Å². The topological polar surface area (TPSA) is 91.7 Å².